The minimum Gasteiger partial charge on any atom is -0.507 e. The summed E-state index contributed by atoms with van der Waals surface area (Å²) in [6.07, 6.45) is 4.42. The second kappa shape index (κ2) is 4.82. The van der Waals surface area contributed by atoms with Gasteiger partial charge in [-0.2, -0.15) is 5.10 Å². The summed E-state index contributed by atoms with van der Waals surface area (Å²) < 4.78 is 0. The molecule has 1 saturated heterocycles. The van der Waals surface area contributed by atoms with Gasteiger partial charge in [-0.05, 0) is 38.1 Å². The maximum atomic E-state index is 9.91. The maximum absolute atomic E-state index is 9.91. The molecule has 94 valence electrons. The molecule has 0 radical (unpaired) electrons. The van der Waals surface area contributed by atoms with Crippen LogP contribution in [0.15, 0.2) is 30.5 Å². The van der Waals surface area contributed by atoms with Crippen LogP contribution in [0.2, 0.25) is 0 Å². The number of phenols is 1. The topological polar surface area (TPSA) is 52.1 Å². The van der Waals surface area contributed by atoms with Crippen LogP contribution in [0.5, 0.6) is 5.75 Å². The molecule has 2 N–H and O–H groups in total. The highest BCUT2D eigenvalue weighted by atomic mass is 16.3. The van der Waals surface area contributed by atoms with Crippen molar-refractivity contribution in [3.8, 4) is 17.0 Å². The van der Waals surface area contributed by atoms with E-state index in [4.69, 9.17) is 0 Å². The number of para-hydroxylation sites is 1. The average Bonchev–Trinajstić information content (AvgIpc) is 3.02. The molecule has 0 unspecified atom stereocenters. The van der Waals surface area contributed by atoms with Crippen LogP contribution >= 0.6 is 0 Å². The number of benzene rings is 1. The fourth-order valence-corrected chi connectivity index (χ4v) is 2.53. The van der Waals surface area contributed by atoms with E-state index < -0.39 is 0 Å². The van der Waals surface area contributed by atoms with E-state index in [-0.39, 0.29) is 0 Å². The Hall–Kier alpha value is -1.81. The Balaban J connectivity index is 1.89. The zero-order chi connectivity index (χ0) is 12.4. The predicted octanol–water partition coefficient (Wildman–Crippen LogP) is 2.38. The van der Waals surface area contributed by atoms with E-state index in [1.807, 2.05) is 24.4 Å². The van der Waals surface area contributed by atoms with Gasteiger partial charge >= 0.3 is 0 Å². The lowest BCUT2D eigenvalue weighted by Crippen LogP contribution is -2.18. The number of aromatic amines is 1. The fraction of sp³-hybridized carbons (Fsp3) is 0.357. The van der Waals surface area contributed by atoms with Crippen LogP contribution in [0, 0.1) is 0 Å². The number of hydrogen-bond acceptors (Lipinski definition) is 3. The molecule has 0 aliphatic carbocycles. The van der Waals surface area contributed by atoms with Gasteiger partial charge < -0.3 is 5.11 Å². The first kappa shape index (κ1) is 11.3. The predicted molar refractivity (Wildman–Crippen MR) is 70.2 cm³/mol. The lowest BCUT2D eigenvalue weighted by atomic mass is 10.1. The number of rotatable bonds is 3. The third-order valence-electron chi connectivity index (χ3n) is 3.48. The zero-order valence-electron chi connectivity index (χ0n) is 10.3. The molecule has 4 nitrogen and oxygen atoms in total. The van der Waals surface area contributed by atoms with Crippen molar-refractivity contribution in [1.29, 1.82) is 0 Å². The molecule has 1 aliphatic rings. The Morgan fingerprint density at radius 1 is 1.22 bits per heavy atom. The van der Waals surface area contributed by atoms with Gasteiger partial charge in [0.05, 0.1) is 11.9 Å². The molecule has 1 aromatic carbocycles. The van der Waals surface area contributed by atoms with Crippen LogP contribution in [0.3, 0.4) is 0 Å². The molecule has 1 fully saturated rings. The van der Waals surface area contributed by atoms with Gasteiger partial charge in [0, 0.05) is 17.7 Å². The van der Waals surface area contributed by atoms with E-state index >= 15 is 0 Å². The Morgan fingerprint density at radius 2 is 2.00 bits per heavy atom. The SMILES string of the molecule is Oc1ccccc1-c1[nH]ncc1CN1CCCC1. The van der Waals surface area contributed by atoms with Gasteiger partial charge in [0.15, 0.2) is 0 Å². The van der Waals surface area contributed by atoms with E-state index in [2.05, 4.69) is 15.1 Å². The highest BCUT2D eigenvalue weighted by Crippen LogP contribution is 2.30. The van der Waals surface area contributed by atoms with Crippen molar-refractivity contribution in [2.24, 2.45) is 0 Å². The summed E-state index contributed by atoms with van der Waals surface area (Å²) in [5.41, 5.74) is 2.91. The highest BCUT2D eigenvalue weighted by Gasteiger charge is 2.16. The summed E-state index contributed by atoms with van der Waals surface area (Å²) in [7, 11) is 0. The molecule has 1 aliphatic heterocycles. The first-order valence-electron chi connectivity index (χ1n) is 6.37. The molecule has 0 atom stereocenters. The summed E-state index contributed by atoms with van der Waals surface area (Å²) >= 11 is 0. The first-order valence-corrected chi connectivity index (χ1v) is 6.37. The minimum absolute atomic E-state index is 0.296. The average molecular weight is 243 g/mol. The molecular formula is C14H17N3O. The molecular weight excluding hydrogens is 226 g/mol. The van der Waals surface area contributed by atoms with Crippen LogP contribution in [0.4, 0.5) is 0 Å². The number of likely N-dealkylation sites (tertiary alicyclic amines) is 1. The zero-order valence-corrected chi connectivity index (χ0v) is 10.3. The van der Waals surface area contributed by atoms with Crippen LogP contribution in [0.1, 0.15) is 18.4 Å². The smallest absolute Gasteiger partial charge is 0.124 e. The molecule has 18 heavy (non-hydrogen) atoms. The normalized spacial score (nSPS) is 16.2. The summed E-state index contributed by atoms with van der Waals surface area (Å²) in [6.45, 7) is 3.22. The second-order valence-electron chi connectivity index (χ2n) is 4.77. The van der Waals surface area contributed by atoms with Crippen molar-refractivity contribution in [3.63, 3.8) is 0 Å². The largest absolute Gasteiger partial charge is 0.507 e. The summed E-state index contributed by atoms with van der Waals surface area (Å²) in [4.78, 5) is 2.42. The van der Waals surface area contributed by atoms with Crippen molar-refractivity contribution in [3.05, 3.63) is 36.0 Å². The number of nitrogens with one attached hydrogen (secondary N) is 1. The Labute approximate surface area is 106 Å². The molecule has 0 spiro atoms. The number of H-pyrrole nitrogens is 1. The fourth-order valence-electron chi connectivity index (χ4n) is 2.53. The van der Waals surface area contributed by atoms with E-state index in [0.717, 1.165) is 36.5 Å². The second-order valence-corrected chi connectivity index (χ2v) is 4.77. The number of phenolic OH excluding ortho intramolecular Hbond substituents is 1. The van der Waals surface area contributed by atoms with Crippen LogP contribution in [-0.4, -0.2) is 33.3 Å². The summed E-state index contributed by atoms with van der Waals surface area (Å²) in [5, 5.41) is 17.0. The van der Waals surface area contributed by atoms with Gasteiger partial charge in [-0.15, -0.1) is 0 Å². The van der Waals surface area contributed by atoms with Gasteiger partial charge in [-0.3, -0.25) is 10.00 Å². The Morgan fingerprint density at radius 3 is 2.78 bits per heavy atom. The van der Waals surface area contributed by atoms with Gasteiger partial charge in [0.2, 0.25) is 0 Å². The first-order chi connectivity index (χ1) is 8.84. The number of aromatic nitrogens is 2. The molecule has 1 aromatic heterocycles. The third-order valence-corrected chi connectivity index (χ3v) is 3.48. The summed E-state index contributed by atoms with van der Waals surface area (Å²) in [5.74, 6) is 0.296. The third kappa shape index (κ3) is 2.11. The summed E-state index contributed by atoms with van der Waals surface area (Å²) in [6, 6.07) is 7.37. The van der Waals surface area contributed by atoms with Crippen molar-refractivity contribution in [1.82, 2.24) is 15.1 Å². The molecule has 4 heteroatoms. The number of nitrogens with zero attached hydrogens (tertiary/aromatic N) is 2. The maximum Gasteiger partial charge on any atom is 0.124 e. The molecule has 2 aromatic rings. The lowest BCUT2D eigenvalue weighted by molar-refractivity contribution is 0.332. The Bertz CT molecular complexity index is 529. The van der Waals surface area contributed by atoms with E-state index in [9.17, 15) is 5.11 Å². The molecule has 2 heterocycles. The quantitative estimate of drug-likeness (QED) is 0.870. The Kier molecular flexibility index (Phi) is 3.02. The monoisotopic (exact) mass is 243 g/mol. The molecule has 0 bridgehead atoms. The van der Waals surface area contributed by atoms with Crippen molar-refractivity contribution in [2.75, 3.05) is 13.1 Å². The number of aromatic hydroxyl groups is 1. The van der Waals surface area contributed by atoms with Gasteiger partial charge in [0.25, 0.3) is 0 Å². The van der Waals surface area contributed by atoms with Gasteiger partial charge in [0.1, 0.15) is 5.75 Å². The highest BCUT2D eigenvalue weighted by molar-refractivity contribution is 5.69. The number of hydrogen-bond donors (Lipinski definition) is 2. The minimum atomic E-state index is 0.296. The molecule has 0 amide bonds. The molecule has 0 saturated carbocycles. The van der Waals surface area contributed by atoms with E-state index in [0.29, 0.717) is 5.75 Å². The van der Waals surface area contributed by atoms with Crippen molar-refractivity contribution >= 4 is 0 Å². The molecule has 3 rings (SSSR count). The lowest BCUT2D eigenvalue weighted by Gasteiger charge is -2.14. The van der Waals surface area contributed by atoms with Crippen LogP contribution in [-0.2, 0) is 6.54 Å². The van der Waals surface area contributed by atoms with E-state index in [1.54, 1.807) is 6.07 Å². The van der Waals surface area contributed by atoms with Crippen molar-refractivity contribution in [2.45, 2.75) is 19.4 Å². The standard InChI is InChI=1S/C14H17N3O/c18-13-6-2-1-5-12(13)14-11(9-15-16-14)10-17-7-3-4-8-17/h1-2,5-6,9,18H,3-4,7-8,10H2,(H,15,16). The van der Waals surface area contributed by atoms with Crippen LogP contribution in [0.25, 0.3) is 11.3 Å². The van der Waals surface area contributed by atoms with Gasteiger partial charge in [-0.25, -0.2) is 0 Å². The van der Waals surface area contributed by atoms with Crippen LogP contribution < -0.4 is 0 Å². The van der Waals surface area contributed by atoms with Crippen molar-refractivity contribution < 1.29 is 5.11 Å². The van der Waals surface area contributed by atoms with Gasteiger partial charge in [-0.1, -0.05) is 12.1 Å². The van der Waals surface area contributed by atoms with E-state index in [1.165, 1.54) is 12.8 Å².